The quantitative estimate of drug-likeness (QED) is 0.382. The Bertz CT molecular complexity index is 1500. The van der Waals surface area contributed by atoms with Gasteiger partial charge in [-0.3, -0.25) is 14.5 Å². The molecule has 1 aromatic heterocycles. The number of phenolic OH excluding ortho intramolecular Hbond substituents is 1. The minimum atomic E-state index is -0.832. The molecule has 2 atom stereocenters. The third-order valence-corrected chi connectivity index (χ3v) is 7.42. The average molecular weight is 553 g/mol. The maximum Gasteiger partial charge on any atom is 0.231 e. The lowest BCUT2D eigenvalue weighted by Crippen LogP contribution is -2.40. The number of carbonyl (C=O) groups excluding carboxylic acids is 1. The predicted molar refractivity (Wildman–Crippen MR) is 144 cm³/mol. The van der Waals surface area contributed by atoms with Crippen LogP contribution in [0.4, 0.5) is 0 Å². The van der Waals surface area contributed by atoms with E-state index in [1.54, 1.807) is 26.2 Å². The van der Waals surface area contributed by atoms with Crippen LogP contribution in [0.1, 0.15) is 46.6 Å². The van der Waals surface area contributed by atoms with Crippen LogP contribution in [-0.4, -0.2) is 62.2 Å². The highest BCUT2D eigenvalue weighted by Gasteiger charge is 2.34. The van der Waals surface area contributed by atoms with Crippen molar-refractivity contribution < 1.29 is 38.4 Å². The molecular weight excluding hydrogens is 520 g/mol. The Hall–Kier alpha value is -4.38. The van der Waals surface area contributed by atoms with E-state index in [0.717, 1.165) is 24.1 Å². The van der Waals surface area contributed by atoms with Crippen molar-refractivity contribution in [2.45, 2.75) is 31.7 Å². The zero-order valence-electron chi connectivity index (χ0n) is 22.8. The molecule has 0 aliphatic carbocycles. The number of rotatable bonds is 8. The van der Waals surface area contributed by atoms with Crippen molar-refractivity contribution in [2.75, 3.05) is 41.1 Å². The number of benzene rings is 2. The summed E-state index contributed by atoms with van der Waals surface area (Å²) in [6.45, 7) is 2.76. The highest BCUT2D eigenvalue weighted by Crippen LogP contribution is 2.49. The molecule has 0 bridgehead atoms. The summed E-state index contributed by atoms with van der Waals surface area (Å²) in [5.41, 5.74) is 1.91. The van der Waals surface area contributed by atoms with Gasteiger partial charge in [0.1, 0.15) is 5.76 Å². The topological polar surface area (TPSA) is 140 Å². The molecule has 11 nitrogen and oxygen atoms in total. The van der Waals surface area contributed by atoms with Gasteiger partial charge in [-0.25, -0.2) is 0 Å². The van der Waals surface area contributed by atoms with Gasteiger partial charge in [0.2, 0.25) is 29.6 Å². The Balaban J connectivity index is 1.43. The van der Waals surface area contributed by atoms with Crippen LogP contribution in [0.3, 0.4) is 0 Å². The van der Waals surface area contributed by atoms with Crippen molar-refractivity contribution >= 4 is 5.91 Å². The maximum atomic E-state index is 13.4. The summed E-state index contributed by atoms with van der Waals surface area (Å²) in [6, 6.07) is 7.52. The van der Waals surface area contributed by atoms with Crippen molar-refractivity contribution in [1.82, 2.24) is 10.2 Å². The van der Waals surface area contributed by atoms with E-state index in [1.807, 2.05) is 13.1 Å². The fourth-order valence-corrected chi connectivity index (χ4v) is 5.39. The molecule has 40 heavy (non-hydrogen) atoms. The van der Waals surface area contributed by atoms with Gasteiger partial charge in [0.25, 0.3) is 0 Å². The molecule has 0 radical (unpaired) electrons. The van der Waals surface area contributed by atoms with Gasteiger partial charge < -0.3 is 38.9 Å². The average Bonchev–Trinajstić information content (AvgIpc) is 3.41. The van der Waals surface area contributed by atoms with Gasteiger partial charge >= 0.3 is 0 Å². The van der Waals surface area contributed by atoms with E-state index >= 15 is 0 Å². The van der Waals surface area contributed by atoms with Crippen molar-refractivity contribution in [1.29, 1.82) is 0 Å². The Labute approximate surface area is 230 Å². The molecule has 212 valence electrons. The predicted octanol–water partition coefficient (Wildman–Crippen LogP) is 2.97. The minimum Gasteiger partial charge on any atom is -0.504 e. The van der Waals surface area contributed by atoms with Gasteiger partial charge in [0.05, 0.1) is 26.2 Å². The van der Waals surface area contributed by atoms with Gasteiger partial charge in [-0.2, -0.15) is 0 Å². The summed E-state index contributed by atoms with van der Waals surface area (Å²) in [5.74, 6) is 0.411. The molecule has 2 aliphatic rings. The fourth-order valence-electron chi connectivity index (χ4n) is 5.39. The summed E-state index contributed by atoms with van der Waals surface area (Å²) in [7, 11) is 4.97. The Morgan fingerprint density at radius 2 is 1.98 bits per heavy atom. The van der Waals surface area contributed by atoms with Crippen LogP contribution in [0.15, 0.2) is 39.5 Å². The first-order valence-corrected chi connectivity index (χ1v) is 12.9. The van der Waals surface area contributed by atoms with Crippen molar-refractivity contribution in [3.8, 4) is 34.5 Å². The van der Waals surface area contributed by atoms with Gasteiger partial charge in [0, 0.05) is 31.1 Å². The van der Waals surface area contributed by atoms with Crippen molar-refractivity contribution in [2.24, 2.45) is 0 Å². The standard InChI is InChI=1S/C29H32N2O9/c1-15-9-21(33)26(35)27(40-15)18(16-5-6-20(32)22(10-16)36-3)12-24(34)30-13-19-25-17(7-8-31(19)2)11-23-28(29(25)37-4)39-14-38-23/h5-6,9-11,18-19,32,35H,7-8,12-14H2,1-4H3,(H,30,34). The van der Waals surface area contributed by atoms with Crippen LogP contribution in [0.5, 0.6) is 34.5 Å². The van der Waals surface area contributed by atoms with Crippen LogP contribution < -0.4 is 29.7 Å². The van der Waals surface area contributed by atoms with Crippen LogP contribution in [0.25, 0.3) is 0 Å². The molecule has 3 N–H and O–H groups in total. The summed E-state index contributed by atoms with van der Waals surface area (Å²) < 4.78 is 28.0. The van der Waals surface area contributed by atoms with Crippen LogP contribution >= 0.6 is 0 Å². The monoisotopic (exact) mass is 552 g/mol. The number of phenols is 1. The normalized spacial score (nSPS) is 16.8. The summed E-state index contributed by atoms with van der Waals surface area (Å²) >= 11 is 0. The number of nitrogens with one attached hydrogen (secondary N) is 1. The van der Waals surface area contributed by atoms with E-state index < -0.39 is 17.1 Å². The number of hydrogen-bond donors (Lipinski definition) is 3. The lowest BCUT2D eigenvalue weighted by Gasteiger charge is -2.36. The first-order chi connectivity index (χ1) is 19.2. The molecule has 11 heteroatoms. The third-order valence-electron chi connectivity index (χ3n) is 7.42. The summed E-state index contributed by atoms with van der Waals surface area (Å²) in [5, 5.41) is 23.7. The minimum absolute atomic E-state index is 0.0394. The molecular formula is C29H32N2O9. The zero-order valence-corrected chi connectivity index (χ0v) is 22.8. The van der Waals surface area contributed by atoms with Gasteiger partial charge in [-0.1, -0.05) is 6.07 Å². The molecule has 2 unspecified atom stereocenters. The lowest BCUT2D eigenvalue weighted by molar-refractivity contribution is -0.121. The molecule has 2 aliphatic heterocycles. The Kier molecular flexibility index (Phi) is 7.49. The number of fused-ring (bicyclic) bond motifs is 2. The highest BCUT2D eigenvalue weighted by atomic mass is 16.7. The number of hydrogen-bond acceptors (Lipinski definition) is 10. The third kappa shape index (κ3) is 5.00. The van der Waals surface area contributed by atoms with Crippen LogP contribution in [-0.2, 0) is 11.2 Å². The smallest absolute Gasteiger partial charge is 0.231 e. The molecule has 2 aromatic carbocycles. The van der Waals surface area contributed by atoms with E-state index in [2.05, 4.69) is 10.2 Å². The number of aromatic hydroxyl groups is 2. The molecule has 3 aromatic rings. The van der Waals surface area contributed by atoms with Gasteiger partial charge in [-0.15, -0.1) is 0 Å². The number of aryl methyl sites for hydroxylation is 1. The second-order valence-electron chi connectivity index (χ2n) is 9.89. The van der Waals surface area contributed by atoms with E-state index in [0.29, 0.717) is 28.6 Å². The van der Waals surface area contributed by atoms with E-state index in [-0.39, 0.29) is 49.0 Å². The number of nitrogens with zero attached hydrogens (tertiary/aromatic N) is 1. The number of methoxy groups -OCH3 is 2. The van der Waals surface area contributed by atoms with Crippen molar-refractivity contribution in [3.63, 3.8) is 0 Å². The molecule has 1 amide bonds. The number of likely N-dealkylation sites (N-methyl/N-ethyl adjacent to an activating group) is 1. The molecule has 0 spiro atoms. The van der Waals surface area contributed by atoms with E-state index in [9.17, 15) is 19.8 Å². The maximum absolute atomic E-state index is 13.4. The number of amides is 1. The van der Waals surface area contributed by atoms with Gasteiger partial charge in [-0.05, 0) is 49.7 Å². The molecule has 3 heterocycles. The Morgan fingerprint density at radius 3 is 2.73 bits per heavy atom. The fraction of sp³-hybridized carbons (Fsp3) is 0.379. The molecule has 0 saturated carbocycles. The van der Waals surface area contributed by atoms with Crippen LogP contribution in [0.2, 0.25) is 0 Å². The Morgan fingerprint density at radius 1 is 1.18 bits per heavy atom. The first-order valence-electron chi connectivity index (χ1n) is 12.9. The molecule has 0 fully saturated rings. The van der Waals surface area contributed by atoms with Crippen LogP contribution in [0, 0.1) is 6.92 Å². The zero-order chi connectivity index (χ0) is 28.6. The highest BCUT2D eigenvalue weighted by molar-refractivity contribution is 5.78. The van der Waals surface area contributed by atoms with E-state index in [4.69, 9.17) is 23.4 Å². The second kappa shape index (κ2) is 11.0. The first kappa shape index (κ1) is 27.2. The number of carbonyl (C=O) groups is 1. The number of ether oxygens (including phenoxy) is 4. The SMILES string of the molecule is COc1cc(C(CC(=O)NCC2c3c(cc4c(c3OC)OCO4)CCN2C)c2oc(C)cc(=O)c2O)ccc1O. The summed E-state index contributed by atoms with van der Waals surface area (Å²) in [6.07, 6.45) is 0.648. The molecule has 5 rings (SSSR count). The lowest BCUT2D eigenvalue weighted by atomic mass is 9.90. The largest absolute Gasteiger partial charge is 0.504 e. The van der Waals surface area contributed by atoms with Crippen molar-refractivity contribution in [3.05, 3.63) is 68.8 Å². The second-order valence-corrected chi connectivity index (χ2v) is 9.89. The molecule has 0 saturated heterocycles. The van der Waals surface area contributed by atoms with E-state index in [1.165, 1.54) is 19.2 Å². The van der Waals surface area contributed by atoms with Gasteiger partial charge in [0.15, 0.2) is 28.8 Å². The summed E-state index contributed by atoms with van der Waals surface area (Å²) in [4.78, 5) is 27.9.